The van der Waals surface area contributed by atoms with Crippen LogP contribution in [0.1, 0.15) is 37.4 Å². The standard InChI is InChI=1S/C18H23N7O2/c1-26-12-6-10-20-17-18(22-16-15(21-17)23-27-24-16)25-11-5-3-8-14(25)13-7-2-4-9-19-13/h2,4,7,9,14H,3,5-6,8,10-12H2,1H3,(H,20,21,23). The fraction of sp³-hybridized carbons (Fsp3) is 0.500. The number of aromatic nitrogens is 5. The fourth-order valence-electron chi connectivity index (χ4n) is 3.44. The van der Waals surface area contributed by atoms with Crippen molar-refractivity contribution in [1.82, 2.24) is 25.3 Å². The van der Waals surface area contributed by atoms with Gasteiger partial charge in [-0.25, -0.2) is 14.6 Å². The lowest BCUT2D eigenvalue weighted by molar-refractivity contribution is 0.198. The zero-order valence-electron chi connectivity index (χ0n) is 15.3. The molecule has 0 aliphatic carbocycles. The summed E-state index contributed by atoms with van der Waals surface area (Å²) in [6, 6.07) is 6.19. The number of nitrogens with zero attached hydrogens (tertiary/aromatic N) is 6. The van der Waals surface area contributed by atoms with Crippen molar-refractivity contribution in [3.05, 3.63) is 30.1 Å². The van der Waals surface area contributed by atoms with Crippen molar-refractivity contribution >= 4 is 22.9 Å². The zero-order chi connectivity index (χ0) is 18.5. The second kappa shape index (κ2) is 8.26. The van der Waals surface area contributed by atoms with Crippen molar-refractivity contribution < 1.29 is 9.37 Å². The molecule has 1 saturated heterocycles. The molecule has 0 amide bonds. The Labute approximate surface area is 157 Å². The molecule has 3 aromatic rings. The number of hydrogen-bond acceptors (Lipinski definition) is 9. The third-order valence-corrected chi connectivity index (χ3v) is 4.72. The lowest BCUT2D eigenvalue weighted by Gasteiger charge is -2.36. The Hall–Kier alpha value is -2.81. The van der Waals surface area contributed by atoms with E-state index in [1.54, 1.807) is 7.11 Å². The maximum atomic E-state index is 5.13. The molecule has 1 N–H and O–H groups in total. The molecule has 0 radical (unpaired) electrons. The Morgan fingerprint density at radius 3 is 2.93 bits per heavy atom. The number of nitrogens with one attached hydrogen (secondary N) is 1. The van der Waals surface area contributed by atoms with Crippen molar-refractivity contribution in [2.75, 3.05) is 37.0 Å². The molecular formula is C18H23N7O2. The van der Waals surface area contributed by atoms with Crippen molar-refractivity contribution in [2.45, 2.75) is 31.7 Å². The predicted molar refractivity (Wildman–Crippen MR) is 101 cm³/mol. The molecule has 0 bridgehead atoms. The van der Waals surface area contributed by atoms with Crippen LogP contribution in [0.3, 0.4) is 0 Å². The lowest BCUT2D eigenvalue weighted by atomic mass is 9.99. The van der Waals surface area contributed by atoms with Gasteiger partial charge in [-0.2, -0.15) is 0 Å². The average molecular weight is 369 g/mol. The smallest absolute Gasteiger partial charge is 0.245 e. The van der Waals surface area contributed by atoms with Crippen LogP contribution in [-0.2, 0) is 4.74 Å². The molecule has 4 rings (SSSR count). The highest BCUT2D eigenvalue weighted by Gasteiger charge is 2.29. The van der Waals surface area contributed by atoms with Gasteiger partial charge in [-0.3, -0.25) is 4.98 Å². The first-order valence-electron chi connectivity index (χ1n) is 9.27. The number of rotatable bonds is 7. The molecule has 142 valence electrons. The molecule has 1 atom stereocenters. The van der Waals surface area contributed by atoms with Gasteiger partial charge in [-0.05, 0) is 48.1 Å². The summed E-state index contributed by atoms with van der Waals surface area (Å²) in [7, 11) is 1.70. The quantitative estimate of drug-likeness (QED) is 0.629. The summed E-state index contributed by atoms with van der Waals surface area (Å²) in [6.07, 6.45) is 5.99. The number of fused-ring (bicyclic) bond motifs is 1. The Balaban J connectivity index is 1.68. The molecule has 3 aromatic heterocycles. The highest BCUT2D eigenvalue weighted by Crippen LogP contribution is 2.36. The molecule has 0 saturated carbocycles. The van der Waals surface area contributed by atoms with Crippen LogP contribution in [0.2, 0.25) is 0 Å². The van der Waals surface area contributed by atoms with Gasteiger partial charge in [-0.1, -0.05) is 6.07 Å². The van der Waals surface area contributed by atoms with Crippen LogP contribution in [0.5, 0.6) is 0 Å². The second-order valence-electron chi connectivity index (χ2n) is 6.54. The number of hydrogen-bond donors (Lipinski definition) is 1. The van der Waals surface area contributed by atoms with E-state index in [1.807, 2.05) is 18.3 Å². The van der Waals surface area contributed by atoms with E-state index in [4.69, 9.17) is 14.3 Å². The minimum atomic E-state index is 0.158. The summed E-state index contributed by atoms with van der Waals surface area (Å²) >= 11 is 0. The van der Waals surface area contributed by atoms with Crippen LogP contribution < -0.4 is 10.2 Å². The van der Waals surface area contributed by atoms with Gasteiger partial charge in [0.2, 0.25) is 11.3 Å². The van der Waals surface area contributed by atoms with E-state index in [9.17, 15) is 0 Å². The first kappa shape index (κ1) is 17.6. The molecule has 9 nitrogen and oxygen atoms in total. The third-order valence-electron chi connectivity index (χ3n) is 4.72. The highest BCUT2D eigenvalue weighted by molar-refractivity contribution is 5.74. The topological polar surface area (TPSA) is 102 Å². The van der Waals surface area contributed by atoms with Gasteiger partial charge in [0.25, 0.3) is 0 Å². The number of anilines is 2. The van der Waals surface area contributed by atoms with Gasteiger partial charge in [0.1, 0.15) is 0 Å². The van der Waals surface area contributed by atoms with E-state index in [0.717, 1.165) is 50.3 Å². The van der Waals surface area contributed by atoms with Gasteiger partial charge in [-0.15, -0.1) is 0 Å². The van der Waals surface area contributed by atoms with Crippen molar-refractivity contribution in [3.8, 4) is 0 Å². The molecule has 27 heavy (non-hydrogen) atoms. The third kappa shape index (κ3) is 3.82. The van der Waals surface area contributed by atoms with Crippen molar-refractivity contribution in [2.24, 2.45) is 0 Å². The summed E-state index contributed by atoms with van der Waals surface area (Å²) in [4.78, 5) is 16.1. The first-order valence-corrected chi connectivity index (χ1v) is 9.27. The summed E-state index contributed by atoms with van der Waals surface area (Å²) in [5.74, 6) is 1.46. The molecule has 1 fully saturated rings. The highest BCUT2D eigenvalue weighted by atomic mass is 16.6. The first-order chi connectivity index (χ1) is 13.4. The van der Waals surface area contributed by atoms with Crippen molar-refractivity contribution in [3.63, 3.8) is 0 Å². The van der Waals surface area contributed by atoms with Gasteiger partial charge in [0, 0.05) is 33.0 Å². The SMILES string of the molecule is COCCCNc1nc2nonc2nc1N1CCCCC1c1ccccn1. The van der Waals surface area contributed by atoms with E-state index in [0.29, 0.717) is 23.7 Å². The van der Waals surface area contributed by atoms with E-state index in [-0.39, 0.29) is 6.04 Å². The maximum absolute atomic E-state index is 5.13. The maximum Gasteiger partial charge on any atom is 0.245 e. The Morgan fingerprint density at radius 1 is 1.22 bits per heavy atom. The van der Waals surface area contributed by atoms with Gasteiger partial charge < -0.3 is 15.0 Å². The monoisotopic (exact) mass is 369 g/mol. The number of methoxy groups -OCH3 is 1. The number of ether oxygens (including phenoxy) is 1. The summed E-state index contributed by atoms with van der Waals surface area (Å²) in [5, 5.41) is 11.1. The average Bonchev–Trinajstić information content (AvgIpc) is 3.19. The number of piperidine rings is 1. The second-order valence-corrected chi connectivity index (χ2v) is 6.54. The summed E-state index contributed by atoms with van der Waals surface area (Å²) < 4.78 is 9.94. The van der Waals surface area contributed by atoms with Crippen LogP contribution in [-0.4, -0.2) is 52.1 Å². The van der Waals surface area contributed by atoms with Crippen LogP contribution >= 0.6 is 0 Å². The Kier molecular flexibility index (Phi) is 5.38. The van der Waals surface area contributed by atoms with Crippen LogP contribution in [0.15, 0.2) is 29.0 Å². The van der Waals surface area contributed by atoms with E-state index >= 15 is 0 Å². The largest absolute Gasteiger partial charge is 0.385 e. The van der Waals surface area contributed by atoms with Crippen LogP contribution in [0.25, 0.3) is 11.3 Å². The molecule has 4 heterocycles. The normalized spacial score (nSPS) is 17.4. The van der Waals surface area contributed by atoms with Crippen molar-refractivity contribution in [1.29, 1.82) is 0 Å². The Bertz CT molecular complexity index is 871. The van der Waals surface area contributed by atoms with E-state index in [1.165, 1.54) is 0 Å². The molecule has 1 aliphatic rings. The summed E-state index contributed by atoms with van der Waals surface area (Å²) in [6.45, 7) is 2.30. The number of pyridine rings is 1. The molecule has 0 aromatic carbocycles. The molecule has 1 unspecified atom stereocenters. The summed E-state index contributed by atoms with van der Waals surface area (Å²) in [5.41, 5.74) is 1.86. The van der Waals surface area contributed by atoms with Crippen LogP contribution in [0.4, 0.5) is 11.6 Å². The zero-order valence-corrected chi connectivity index (χ0v) is 15.3. The Morgan fingerprint density at radius 2 is 2.11 bits per heavy atom. The van der Waals surface area contributed by atoms with Crippen LogP contribution in [0, 0.1) is 0 Å². The molecule has 1 aliphatic heterocycles. The van der Waals surface area contributed by atoms with Gasteiger partial charge >= 0.3 is 0 Å². The van der Waals surface area contributed by atoms with Gasteiger partial charge in [0.05, 0.1) is 11.7 Å². The minimum Gasteiger partial charge on any atom is -0.385 e. The lowest BCUT2D eigenvalue weighted by Crippen LogP contribution is -2.35. The van der Waals surface area contributed by atoms with E-state index in [2.05, 4.69) is 36.6 Å². The fourth-order valence-corrected chi connectivity index (χ4v) is 3.44. The molecule has 0 spiro atoms. The molecule has 9 heteroatoms. The predicted octanol–water partition coefficient (Wildman–Crippen LogP) is 2.59. The minimum absolute atomic E-state index is 0.158. The molecular weight excluding hydrogens is 346 g/mol. The van der Waals surface area contributed by atoms with E-state index < -0.39 is 0 Å². The van der Waals surface area contributed by atoms with Gasteiger partial charge in [0.15, 0.2) is 11.6 Å².